The van der Waals surface area contributed by atoms with Crippen LogP contribution in [0.25, 0.3) is 0 Å². The number of fused-ring (bicyclic) bond motifs is 1. The molecule has 0 saturated carbocycles. The first-order valence-electron chi connectivity index (χ1n) is 9.30. The number of hydrogen-bond donors (Lipinski definition) is 0. The van der Waals surface area contributed by atoms with Crippen molar-refractivity contribution in [3.05, 3.63) is 52.8 Å². The minimum absolute atomic E-state index is 0.0151. The Morgan fingerprint density at radius 3 is 2.53 bits per heavy atom. The molecule has 0 aliphatic carbocycles. The van der Waals surface area contributed by atoms with Gasteiger partial charge in [0.2, 0.25) is 0 Å². The van der Waals surface area contributed by atoms with E-state index in [1.807, 2.05) is 0 Å². The van der Waals surface area contributed by atoms with Crippen molar-refractivity contribution in [3.8, 4) is 5.75 Å². The van der Waals surface area contributed by atoms with Gasteiger partial charge in [-0.25, -0.2) is 8.42 Å². The molecule has 0 atom stereocenters. The molecule has 1 aromatic carbocycles. The van der Waals surface area contributed by atoms with Gasteiger partial charge < -0.3 is 9.64 Å². The summed E-state index contributed by atoms with van der Waals surface area (Å²) in [4.78, 5) is 18.3. The maximum atomic E-state index is 13.2. The van der Waals surface area contributed by atoms with Crippen LogP contribution in [0.2, 0.25) is 0 Å². The predicted octanol–water partition coefficient (Wildman–Crippen LogP) is 3.84. The number of aromatic nitrogens is 1. The molecule has 0 unspecified atom stereocenters. The van der Waals surface area contributed by atoms with E-state index >= 15 is 0 Å². The Bertz CT molecular complexity index is 1080. The van der Waals surface area contributed by atoms with Gasteiger partial charge in [0.15, 0.2) is 9.84 Å². The van der Waals surface area contributed by atoms with E-state index in [-0.39, 0.29) is 41.2 Å². The van der Waals surface area contributed by atoms with Crippen LogP contribution in [0.1, 0.15) is 48.0 Å². The fourth-order valence-corrected chi connectivity index (χ4v) is 4.03. The predicted molar refractivity (Wildman–Crippen MR) is 103 cm³/mol. The molecule has 0 spiro atoms. The lowest BCUT2D eigenvalue weighted by atomic mass is 10.1. The van der Waals surface area contributed by atoms with Crippen molar-refractivity contribution in [1.82, 2.24) is 9.88 Å². The summed E-state index contributed by atoms with van der Waals surface area (Å²) in [5, 5.41) is 0. The summed E-state index contributed by atoms with van der Waals surface area (Å²) < 4.78 is 69.0. The number of halogens is 3. The Morgan fingerprint density at radius 1 is 1.23 bits per heavy atom. The molecule has 0 fully saturated rings. The second-order valence-electron chi connectivity index (χ2n) is 7.22. The Morgan fingerprint density at radius 2 is 1.93 bits per heavy atom. The van der Waals surface area contributed by atoms with Gasteiger partial charge in [-0.15, -0.1) is 0 Å². The number of alkyl halides is 3. The number of benzene rings is 1. The third-order valence-electron chi connectivity index (χ3n) is 4.66. The Labute approximate surface area is 172 Å². The first kappa shape index (κ1) is 22.1. The van der Waals surface area contributed by atoms with Crippen LogP contribution in [-0.4, -0.2) is 36.1 Å². The molecule has 1 aromatic heterocycles. The zero-order valence-electron chi connectivity index (χ0n) is 16.7. The summed E-state index contributed by atoms with van der Waals surface area (Å²) in [6.45, 7) is 4.99. The molecule has 0 radical (unpaired) electrons. The molecule has 6 nitrogen and oxygen atoms in total. The highest BCUT2D eigenvalue weighted by atomic mass is 32.2. The van der Waals surface area contributed by atoms with Crippen LogP contribution < -0.4 is 4.74 Å². The molecule has 3 rings (SSSR count). The van der Waals surface area contributed by atoms with Gasteiger partial charge in [0.25, 0.3) is 5.91 Å². The number of carbonyl (C=O) groups is 1. The topological polar surface area (TPSA) is 76.6 Å². The van der Waals surface area contributed by atoms with Crippen LogP contribution in [0.4, 0.5) is 13.2 Å². The van der Waals surface area contributed by atoms with Crippen molar-refractivity contribution in [2.45, 2.75) is 51.0 Å². The molecule has 1 aliphatic heterocycles. The maximum Gasteiger partial charge on any atom is 0.417 e. The van der Waals surface area contributed by atoms with Crippen LogP contribution in [0.5, 0.6) is 5.75 Å². The van der Waals surface area contributed by atoms with Crippen molar-refractivity contribution in [1.29, 1.82) is 0 Å². The van der Waals surface area contributed by atoms with Crippen molar-refractivity contribution in [3.63, 3.8) is 0 Å². The number of sulfone groups is 1. The zero-order chi connectivity index (χ0) is 22.3. The van der Waals surface area contributed by atoms with Crippen LogP contribution in [0.3, 0.4) is 0 Å². The molecule has 10 heteroatoms. The van der Waals surface area contributed by atoms with Crippen molar-refractivity contribution < 1.29 is 31.1 Å². The highest BCUT2D eigenvalue weighted by Gasteiger charge is 2.34. The quantitative estimate of drug-likeness (QED) is 0.703. The molecule has 0 N–H and O–H groups in total. The first-order chi connectivity index (χ1) is 13.9. The van der Waals surface area contributed by atoms with E-state index in [2.05, 4.69) is 4.98 Å². The lowest BCUT2D eigenvalue weighted by Crippen LogP contribution is -2.26. The smallest absolute Gasteiger partial charge is 0.417 e. The summed E-state index contributed by atoms with van der Waals surface area (Å²) in [7, 11) is -3.56. The van der Waals surface area contributed by atoms with E-state index < -0.39 is 27.5 Å². The summed E-state index contributed by atoms with van der Waals surface area (Å²) >= 11 is 0. The summed E-state index contributed by atoms with van der Waals surface area (Å²) in [5.41, 5.74) is -0.153. The van der Waals surface area contributed by atoms with Gasteiger partial charge in [0.1, 0.15) is 5.75 Å². The summed E-state index contributed by atoms with van der Waals surface area (Å²) in [6, 6.07) is 5.05. The van der Waals surface area contributed by atoms with Crippen LogP contribution in [0, 0.1) is 0 Å². The Balaban J connectivity index is 1.96. The molecule has 1 amide bonds. The standard InChI is InChI=1S/C20H21F3N2O4S/c1-4-30(27,28)15-5-6-18(29-12(2)3)16(8-15)19(26)25-10-13-7-14(20(21,22)23)9-24-17(13)11-25/h5-9,12H,4,10-11H2,1-3H3. The van der Waals surface area contributed by atoms with Crippen LogP contribution in [0.15, 0.2) is 35.4 Å². The highest BCUT2D eigenvalue weighted by molar-refractivity contribution is 7.91. The van der Waals surface area contributed by atoms with Gasteiger partial charge >= 0.3 is 6.18 Å². The van der Waals surface area contributed by atoms with E-state index in [9.17, 15) is 26.4 Å². The second-order valence-corrected chi connectivity index (χ2v) is 9.50. The Hall–Kier alpha value is -2.62. The third-order valence-corrected chi connectivity index (χ3v) is 6.39. The molecule has 0 saturated heterocycles. The normalized spacial score (nSPS) is 14.2. The largest absolute Gasteiger partial charge is 0.490 e. The van der Waals surface area contributed by atoms with Crippen LogP contribution >= 0.6 is 0 Å². The minimum atomic E-state index is -4.53. The molecule has 0 bridgehead atoms. The number of rotatable bonds is 5. The molecule has 1 aliphatic rings. The molecule has 2 aromatic rings. The molecular formula is C20H21F3N2O4S. The van der Waals surface area contributed by atoms with E-state index in [0.29, 0.717) is 11.3 Å². The van der Waals surface area contributed by atoms with E-state index in [1.165, 1.54) is 30.0 Å². The van der Waals surface area contributed by atoms with Gasteiger partial charge in [0, 0.05) is 12.7 Å². The Kier molecular flexibility index (Phi) is 5.81. The fourth-order valence-electron chi connectivity index (χ4n) is 3.12. The maximum absolute atomic E-state index is 13.2. The van der Waals surface area contributed by atoms with Gasteiger partial charge in [-0.3, -0.25) is 9.78 Å². The second kappa shape index (κ2) is 7.90. The first-order valence-corrected chi connectivity index (χ1v) is 11.0. The number of carbonyl (C=O) groups excluding carboxylic acids is 1. The monoisotopic (exact) mass is 442 g/mol. The molecular weight excluding hydrogens is 421 g/mol. The summed E-state index contributed by atoms with van der Waals surface area (Å²) in [6.07, 6.45) is -4.05. The van der Waals surface area contributed by atoms with Crippen molar-refractivity contribution in [2.75, 3.05) is 5.75 Å². The van der Waals surface area contributed by atoms with Crippen molar-refractivity contribution in [2.24, 2.45) is 0 Å². The van der Waals surface area contributed by atoms with Crippen LogP contribution in [-0.2, 0) is 29.1 Å². The fraction of sp³-hybridized carbons (Fsp3) is 0.400. The molecule has 2 heterocycles. The van der Waals surface area contributed by atoms with Gasteiger partial charge in [-0.1, -0.05) is 6.92 Å². The lowest BCUT2D eigenvalue weighted by molar-refractivity contribution is -0.137. The summed E-state index contributed by atoms with van der Waals surface area (Å²) in [5.74, 6) is -0.458. The number of amides is 1. The van der Waals surface area contributed by atoms with E-state index in [4.69, 9.17) is 4.74 Å². The third kappa shape index (κ3) is 4.43. The average Bonchev–Trinajstić information content (AvgIpc) is 3.09. The SMILES string of the molecule is CCS(=O)(=O)c1ccc(OC(C)C)c(C(=O)N2Cc3cc(C(F)(F)F)cnc3C2)c1. The average molecular weight is 442 g/mol. The van der Waals surface area contributed by atoms with Gasteiger partial charge in [-0.05, 0) is 43.7 Å². The number of ether oxygens (including phenoxy) is 1. The lowest BCUT2D eigenvalue weighted by Gasteiger charge is -2.20. The van der Waals surface area contributed by atoms with E-state index in [1.54, 1.807) is 13.8 Å². The highest BCUT2D eigenvalue weighted by Crippen LogP contribution is 2.33. The minimum Gasteiger partial charge on any atom is -0.490 e. The van der Waals surface area contributed by atoms with Gasteiger partial charge in [-0.2, -0.15) is 13.2 Å². The number of pyridine rings is 1. The zero-order valence-corrected chi connectivity index (χ0v) is 17.5. The van der Waals surface area contributed by atoms with E-state index in [0.717, 1.165) is 12.3 Å². The molecule has 30 heavy (non-hydrogen) atoms. The number of hydrogen-bond acceptors (Lipinski definition) is 5. The molecule has 162 valence electrons. The van der Waals surface area contributed by atoms with Crippen molar-refractivity contribution >= 4 is 15.7 Å². The van der Waals surface area contributed by atoms with Gasteiger partial charge in [0.05, 0.1) is 40.1 Å². The number of nitrogens with zero attached hydrogens (tertiary/aromatic N) is 2.